The highest BCUT2D eigenvalue weighted by Gasteiger charge is 2.37. The summed E-state index contributed by atoms with van der Waals surface area (Å²) in [4.78, 5) is 15.0. The Bertz CT molecular complexity index is 963. The van der Waals surface area contributed by atoms with Crippen molar-refractivity contribution in [1.29, 1.82) is 0 Å². The van der Waals surface area contributed by atoms with Crippen molar-refractivity contribution in [3.05, 3.63) is 53.3 Å². The first-order valence-electron chi connectivity index (χ1n) is 11.8. The molecule has 2 aromatic carbocycles. The highest BCUT2D eigenvalue weighted by Crippen LogP contribution is 2.39. The Hall–Kier alpha value is -2.58. The maximum Gasteiger partial charge on any atom is 0.253 e. The van der Waals surface area contributed by atoms with E-state index in [1.807, 2.05) is 0 Å². The van der Waals surface area contributed by atoms with Crippen LogP contribution in [-0.2, 0) is 4.43 Å². The number of amides is 1. The van der Waals surface area contributed by atoms with Gasteiger partial charge in [0, 0.05) is 31.7 Å². The lowest BCUT2D eigenvalue weighted by atomic mass is 9.95. The lowest BCUT2D eigenvalue weighted by Gasteiger charge is -2.36. The highest BCUT2D eigenvalue weighted by atomic mass is 28.4. The molecule has 194 valence electrons. The average Bonchev–Trinajstić information content (AvgIpc) is 2.81. The Morgan fingerprint density at radius 3 is 2.00 bits per heavy atom. The molecule has 1 amide bonds. The Balaban J connectivity index is 2.25. The van der Waals surface area contributed by atoms with E-state index in [9.17, 15) is 9.18 Å². The van der Waals surface area contributed by atoms with E-state index in [-0.39, 0.29) is 22.7 Å². The molecule has 0 aliphatic rings. The standard InChI is InChI=1S/C27H40FNO5Si/c1-27(2,3)35(8,9)34-15-14-20(19-10-12-22(28)13-11-19)18-29(4)26(30)21-16-23(31-5)25(33-7)24(17-21)32-6/h10-13,16-17,20H,14-15,18H2,1-9H3. The molecule has 0 bridgehead atoms. The normalized spacial score (nSPS) is 12.7. The number of methoxy groups -OCH3 is 3. The average molecular weight is 506 g/mol. The van der Waals surface area contributed by atoms with Gasteiger partial charge < -0.3 is 23.5 Å². The van der Waals surface area contributed by atoms with Crippen LogP contribution in [-0.4, -0.2) is 60.7 Å². The van der Waals surface area contributed by atoms with Crippen molar-refractivity contribution in [2.45, 2.75) is 51.2 Å². The van der Waals surface area contributed by atoms with Gasteiger partial charge in [-0.25, -0.2) is 4.39 Å². The summed E-state index contributed by atoms with van der Waals surface area (Å²) in [6, 6.07) is 9.77. The minimum atomic E-state index is -1.91. The van der Waals surface area contributed by atoms with E-state index in [1.165, 1.54) is 33.5 Å². The fourth-order valence-electron chi connectivity index (χ4n) is 3.61. The van der Waals surface area contributed by atoms with Gasteiger partial charge in [0.2, 0.25) is 5.75 Å². The van der Waals surface area contributed by atoms with Crippen molar-refractivity contribution in [1.82, 2.24) is 4.90 Å². The molecular formula is C27H40FNO5Si. The van der Waals surface area contributed by atoms with Crippen LogP contribution in [0.3, 0.4) is 0 Å². The molecule has 1 unspecified atom stereocenters. The molecular weight excluding hydrogens is 465 g/mol. The van der Waals surface area contributed by atoms with Crippen molar-refractivity contribution in [3.8, 4) is 17.2 Å². The predicted molar refractivity (Wildman–Crippen MR) is 140 cm³/mol. The van der Waals surface area contributed by atoms with Crippen molar-refractivity contribution >= 4 is 14.2 Å². The second-order valence-electron chi connectivity index (χ2n) is 10.2. The topological polar surface area (TPSA) is 57.2 Å². The summed E-state index contributed by atoms with van der Waals surface area (Å²) in [5.74, 6) is 0.786. The molecule has 8 heteroatoms. The van der Waals surface area contributed by atoms with Gasteiger partial charge in [-0.1, -0.05) is 32.9 Å². The van der Waals surface area contributed by atoms with Crippen LogP contribution >= 0.6 is 0 Å². The summed E-state index contributed by atoms with van der Waals surface area (Å²) in [6.45, 7) is 12.1. The Morgan fingerprint density at radius 1 is 1.00 bits per heavy atom. The lowest BCUT2D eigenvalue weighted by Crippen LogP contribution is -2.41. The molecule has 0 heterocycles. The number of hydrogen-bond donors (Lipinski definition) is 0. The van der Waals surface area contributed by atoms with E-state index < -0.39 is 8.32 Å². The summed E-state index contributed by atoms with van der Waals surface area (Å²) < 4.78 is 36.1. The first-order valence-corrected chi connectivity index (χ1v) is 14.7. The number of rotatable bonds is 11. The molecule has 6 nitrogen and oxygen atoms in total. The van der Waals surface area contributed by atoms with Crippen LogP contribution in [0.25, 0.3) is 0 Å². The van der Waals surface area contributed by atoms with Crippen LogP contribution in [0.4, 0.5) is 4.39 Å². The summed E-state index contributed by atoms with van der Waals surface area (Å²) in [5, 5.41) is 0.109. The third-order valence-electron chi connectivity index (χ3n) is 6.83. The molecule has 0 spiro atoms. The Labute approximate surface area is 210 Å². The maximum atomic E-state index is 13.6. The molecule has 0 saturated heterocycles. The third kappa shape index (κ3) is 7.21. The first-order chi connectivity index (χ1) is 16.3. The number of carbonyl (C=O) groups excluding carboxylic acids is 1. The van der Waals surface area contributed by atoms with E-state index in [0.717, 1.165) is 5.56 Å². The zero-order valence-electron chi connectivity index (χ0n) is 22.5. The van der Waals surface area contributed by atoms with Crippen molar-refractivity contribution in [2.24, 2.45) is 0 Å². The van der Waals surface area contributed by atoms with E-state index in [2.05, 4.69) is 33.9 Å². The number of halogens is 1. The highest BCUT2D eigenvalue weighted by molar-refractivity contribution is 6.74. The first kappa shape index (κ1) is 28.7. The number of nitrogens with zero attached hydrogens (tertiary/aromatic N) is 1. The number of carbonyl (C=O) groups is 1. The van der Waals surface area contributed by atoms with E-state index in [4.69, 9.17) is 18.6 Å². The largest absolute Gasteiger partial charge is 0.493 e. The summed E-state index contributed by atoms with van der Waals surface area (Å²) >= 11 is 0. The van der Waals surface area contributed by atoms with Gasteiger partial charge in [-0.2, -0.15) is 0 Å². The zero-order valence-corrected chi connectivity index (χ0v) is 23.5. The zero-order chi connectivity index (χ0) is 26.4. The third-order valence-corrected chi connectivity index (χ3v) is 11.4. The molecule has 0 saturated carbocycles. The van der Waals surface area contributed by atoms with Gasteiger partial charge >= 0.3 is 0 Å². The SMILES string of the molecule is COc1cc(C(=O)N(C)CC(CCO[Si](C)(C)C(C)(C)C)c2ccc(F)cc2)cc(OC)c1OC. The van der Waals surface area contributed by atoms with Gasteiger partial charge in [0.05, 0.1) is 21.3 Å². The second-order valence-corrected chi connectivity index (χ2v) is 15.1. The fourth-order valence-corrected chi connectivity index (χ4v) is 4.67. The van der Waals surface area contributed by atoms with Gasteiger partial charge in [0.15, 0.2) is 19.8 Å². The van der Waals surface area contributed by atoms with E-state index in [0.29, 0.717) is 42.4 Å². The minimum Gasteiger partial charge on any atom is -0.493 e. The molecule has 0 aliphatic carbocycles. The molecule has 0 aliphatic heterocycles. The smallest absolute Gasteiger partial charge is 0.253 e. The molecule has 35 heavy (non-hydrogen) atoms. The van der Waals surface area contributed by atoms with E-state index >= 15 is 0 Å². The molecule has 2 aromatic rings. The van der Waals surface area contributed by atoms with Gasteiger partial charge in [0.1, 0.15) is 5.82 Å². The minimum absolute atomic E-state index is 0.0173. The number of benzene rings is 2. The monoisotopic (exact) mass is 505 g/mol. The Morgan fingerprint density at radius 2 is 1.54 bits per heavy atom. The summed E-state index contributed by atoms with van der Waals surface area (Å²) in [6.07, 6.45) is 0.713. The van der Waals surface area contributed by atoms with Crippen LogP contribution in [0.5, 0.6) is 17.2 Å². The number of ether oxygens (including phenoxy) is 3. The van der Waals surface area contributed by atoms with Gasteiger partial charge in [-0.3, -0.25) is 4.79 Å². The van der Waals surface area contributed by atoms with Crippen LogP contribution < -0.4 is 14.2 Å². The van der Waals surface area contributed by atoms with E-state index in [1.54, 1.807) is 36.2 Å². The predicted octanol–water partition coefficient (Wildman–Crippen LogP) is 6.12. The summed E-state index contributed by atoms with van der Waals surface area (Å²) in [5.41, 5.74) is 1.40. The summed E-state index contributed by atoms with van der Waals surface area (Å²) in [7, 11) is 4.41. The molecule has 0 fully saturated rings. The van der Waals surface area contributed by atoms with Crippen molar-refractivity contribution in [2.75, 3.05) is 41.5 Å². The molecule has 0 radical (unpaired) electrons. The molecule has 0 N–H and O–H groups in total. The molecule has 2 rings (SSSR count). The molecule has 0 aromatic heterocycles. The van der Waals surface area contributed by atoms with Crippen molar-refractivity contribution < 1.29 is 27.8 Å². The van der Waals surface area contributed by atoms with Crippen LogP contribution in [0.1, 0.15) is 49.0 Å². The van der Waals surface area contributed by atoms with Gasteiger partial charge in [0.25, 0.3) is 5.91 Å². The van der Waals surface area contributed by atoms with Crippen LogP contribution in [0.2, 0.25) is 18.1 Å². The van der Waals surface area contributed by atoms with Gasteiger partial charge in [-0.05, 0) is 54.4 Å². The van der Waals surface area contributed by atoms with Gasteiger partial charge in [-0.15, -0.1) is 0 Å². The second kappa shape index (κ2) is 11.9. The Kier molecular flexibility index (Phi) is 9.74. The van der Waals surface area contributed by atoms with Crippen molar-refractivity contribution in [3.63, 3.8) is 0 Å². The fraction of sp³-hybridized carbons (Fsp3) is 0.519. The van der Waals surface area contributed by atoms with Crippen LogP contribution in [0, 0.1) is 5.82 Å². The quantitative estimate of drug-likeness (QED) is 0.345. The number of likely N-dealkylation sites (N-methyl/N-ethyl adjacent to an activating group) is 1. The molecule has 1 atom stereocenters. The lowest BCUT2D eigenvalue weighted by molar-refractivity contribution is 0.0780. The maximum absolute atomic E-state index is 13.6. The number of hydrogen-bond acceptors (Lipinski definition) is 5. The van der Waals surface area contributed by atoms with Crippen LogP contribution in [0.15, 0.2) is 36.4 Å².